The predicted molar refractivity (Wildman–Crippen MR) is 101 cm³/mol. The van der Waals surface area contributed by atoms with E-state index >= 15 is 0 Å². The zero-order valence-electron chi connectivity index (χ0n) is 15.6. The average molecular weight is 470 g/mol. The fourth-order valence-corrected chi connectivity index (χ4v) is 3.36. The first-order valence-electron chi connectivity index (χ1n) is 7.91. The number of Topliss-reactive ketones (excluding diaryl/α,β-unsaturated/α-hetero) is 1. The van der Waals surface area contributed by atoms with Gasteiger partial charge < -0.3 is 31.4 Å². The second-order valence-electron chi connectivity index (χ2n) is 5.73. The number of fused-ring (bicyclic) bond motifs is 1. The molecule has 1 N–H and O–H groups in total. The largest absolute Gasteiger partial charge is 1.00 e. The van der Waals surface area contributed by atoms with Gasteiger partial charge in [0.1, 0.15) is 0 Å². The van der Waals surface area contributed by atoms with Gasteiger partial charge in [-0.2, -0.15) is 0 Å². The molecule has 2 heterocycles. The highest BCUT2D eigenvalue weighted by Gasteiger charge is 2.16. The van der Waals surface area contributed by atoms with Crippen molar-refractivity contribution in [3.05, 3.63) is 44.6 Å². The second-order valence-corrected chi connectivity index (χ2v) is 6.69. The molecule has 2 aromatic heterocycles. The molecule has 0 bridgehead atoms. The molecule has 0 saturated heterocycles. The van der Waals surface area contributed by atoms with Crippen LogP contribution < -0.4 is 37.7 Å². The SMILES string of the molecule is COc1ccc(C(=O)CSc2nc3c([nH]2)c(=O)n(C)c(=O)n3C)cc1OC.[Br-]. The number of halogens is 1. The summed E-state index contributed by atoms with van der Waals surface area (Å²) in [5.74, 6) is 0.971. The minimum atomic E-state index is -0.461. The molecule has 11 heteroatoms. The van der Waals surface area contributed by atoms with Crippen molar-refractivity contribution in [2.45, 2.75) is 5.16 Å². The summed E-state index contributed by atoms with van der Waals surface area (Å²) in [4.78, 5) is 43.8. The first kappa shape index (κ1) is 21.8. The lowest BCUT2D eigenvalue weighted by Crippen LogP contribution is -3.00. The van der Waals surface area contributed by atoms with E-state index in [1.807, 2.05) is 0 Å². The number of thioether (sulfide) groups is 1. The molecule has 0 atom stereocenters. The van der Waals surface area contributed by atoms with E-state index < -0.39 is 11.2 Å². The molecule has 0 unspecified atom stereocenters. The van der Waals surface area contributed by atoms with Gasteiger partial charge in [0.05, 0.1) is 20.0 Å². The van der Waals surface area contributed by atoms with Crippen molar-refractivity contribution in [1.82, 2.24) is 19.1 Å². The molecule has 0 fully saturated rings. The van der Waals surface area contributed by atoms with Crippen LogP contribution in [0.5, 0.6) is 11.5 Å². The van der Waals surface area contributed by atoms with Crippen molar-refractivity contribution in [2.75, 3.05) is 20.0 Å². The van der Waals surface area contributed by atoms with Crippen LogP contribution in [0.4, 0.5) is 0 Å². The summed E-state index contributed by atoms with van der Waals surface area (Å²) in [6.45, 7) is 0. The Morgan fingerprint density at radius 1 is 1.14 bits per heavy atom. The van der Waals surface area contributed by atoms with E-state index in [9.17, 15) is 14.4 Å². The van der Waals surface area contributed by atoms with Gasteiger partial charge in [-0.1, -0.05) is 11.8 Å². The van der Waals surface area contributed by atoms with Gasteiger partial charge in [0.15, 0.2) is 33.6 Å². The molecule has 0 aliphatic rings. The standard InChI is InChI=1S/C17H18N4O5S.BrH/c1-20-14-13(15(23)21(2)17(20)24)18-16(19-14)27-8-10(22)9-5-6-11(25-3)12(7-9)26-4;/h5-7H,8H2,1-4H3,(H,18,19);1H/p-1. The number of imidazole rings is 1. The van der Waals surface area contributed by atoms with Crippen LogP contribution in [0.2, 0.25) is 0 Å². The maximum Gasteiger partial charge on any atom is 0.332 e. The van der Waals surface area contributed by atoms with Gasteiger partial charge in [-0.3, -0.25) is 18.7 Å². The Balaban J connectivity index is 0.00000280. The molecule has 9 nitrogen and oxygen atoms in total. The number of rotatable bonds is 6. The van der Waals surface area contributed by atoms with Crippen LogP contribution >= 0.6 is 11.8 Å². The van der Waals surface area contributed by atoms with E-state index in [1.54, 1.807) is 18.2 Å². The predicted octanol–water partition coefficient (Wildman–Crippen LogP) is -2.04. The summed E-state index contributed by atoms with van der Waals surface area (Å²) in [6.07, 6.45) is 0. The van der Waals surface area contributed by atoms with Crippen molar-refractivity contribution >= 4 is 28.7 Å². The highest BCUT2D eigenvalue weighted by atomic mass is 79.9. The lowest BCUT2D eigenvalue weighted by molar-refractivity contribution is -0.0000140. The summed E-state index contributed by atoms with van der Waals surface area (Å²) in [5.41, 5.74) is 0.0278. The first-order valence-corrected chi connectivity index (χ1v) is 8.89. The quantitative estimate of drug-likeness (QED) is 0.327. The number of benzene rings is 1. The molecule has 0 aliphatic heterocycles. The van der Waals surface area contributed by atoms with Crippen LogP contribution in [0, 0.1) is 0 Å². The number of nitrogens with zero attached hydrogens (tertiary/aromatic N) is 3. The number of ether oxygens (including phenoxy) is 2. The third kappa shape index (κ3) is 3.85. The van der Waals surface area contributed by atoms with Crippen molar-refractivity contribution in [3.8, 4) is 11.5 Å². The van der Waals surface area contributed by atoms with E-state index in [-0.39, 0.29) is 39.7 Å². The monoisotopic (exact) mass is 469 g/mol. The molecular weight excluding hydrogens is 452 g/mol. The minimum Gasteiger partial charge on any atom is -1.00 e. The van der Waals surface area contributed by atoms with Crippen molar-refractivity contribution < 1.29 is 31.2 Å². The molecule has 28 heavy (non-hydrogen) atoms. The molecule has 0 spiro atoms. The summed E-state index contributed by atoms with van der Waals surface area (Å²) in [7, 11) is 5.96. The Kier molecular flexibility index (Phi) is 6.73. The molecule has 0 saturated carbocycles. The molecule has 150 valence electrons. The smallest absolute Gasteiger partial charge is 0.332 e. The second kappa shape index (κ2) is 8.65. The van der Waals surface area contributed by atoms with Crippen LogP contribution in [-0.4, -0.2) is 44.9 Å². The third-order valence-corrected chi connectivity index (χ3v) is 4.99. The van der Waals surface area contributed by atoms with Gasteiger partial charge in [-0.25, -0.2) is 9.78 Å². The van der Waals surface area contributed by atoms with Crippen LogP contribution in [0.1, 0.15) is 10.4 Å². The summed E-state index contributed by atoms with van der Waals surface area (Å²) < 4.78 is 12.7. The summed E-state index contributed by atoms with van der Waals surface area (Å²) in [5, 5.41) is 0.386. The first-order chi connectivity index (χ1) is 12.9. The Labute approximate surface area is 174 Å². The van der Waals surface area contributed by atoms with Gasteiger partial charge in [-0.05, 0) is 18.2 Å². The van der Waals surface area contributed by atoms with E-state index in [1.165, 1.54) is 32.9 Å². The summed E-state index contributed by atoms with van der Waals surface area (Å²) >= 11 is 1.15. The average Bonchev–Trinajstić information content (AvgIpc) is 3.12. The Morgan fingerprint density at radius 2 is 1.82 bits per heavy atom. The number of ketones is 1. The molecule has 3 rings (SSSR count). The van der Waals surface area contributed by atoms with E-state index in [0.717, 1.165) is 16.3 Å². The van der Waals surface area contributed by atoms with E-state index in [4.69, 9.17) is 9.47 Å². The van der Waals surface area contributed by atoms with E-state index in [2.05, 4.69) is 9.97 Å². The maximum atomic E-state index is 12.5. The van der Waals surface area contributed by atoms with Gasteiger partial charge in [-0.15, -0.1) is 0 Å². The van der Waals surface area contributed by atoms with E-state index in [0.29, 0.717) is 22.2 Å². The molecule has 0 radical (unpaired) electrons. The summed E-state index contributed by atoms with van der Waals surface area (Å²) in [6, 6.07) is 4.93. The normalized spacial score (nSPS) is 10.6. The lowest BCUT2D eigenvalue weighted by atomic mass is 10.1. The number of hydrogen-bond donors (Lipinski definition) is 1. The number of aromatic amines is 1. The van der Waals surface area contributed by atoms with Gasteiger partial charge >= 0.3 is 5.69 Å². The Bertz CT molecular complexity index is 1150. The van der Waals surface area contributed by atoms with Crippen molar-refractivity contribution in [1.29, 1.82) is 0 Å². The van der Waals surface area contributed by atoms with Crippen LogP contribution in [0.3, 0.4) is 0 Å². The molecule has 1 aromatic carbocycles. The third-order valence-electron chi connectivity index (χ3n) is 4.12. The number of methoxy groups -OCH3 is 2. The molecular formula is C17H18BrN4O5S-. The van der Waals surface area contributed by atoms with Crippen LogP contribution in [0.15, 0.2) is 32.9 Å². The lowest BCUT2D eigenvalue weighted by Gasteiger charge is -2.08. The molecule has 0 amide bonds. The number of H-pyrrole nitrogens is 1. The van der Waals surface area contributed by atoms with Gasteiger partial charge in [0.25, 0.3) is 5.56 Å². The number of aryl methyl sites for hydroxylation is 1. The minimum absolute atomic E-state index is 0. The number of aromatic nitrogens is 4. The van der Waals surface area contributed by atoms with Gasteiger partial charge in [0, 0.05) is 19.7 Å². The maximum absolute atomic E-state index is 12.5. The fraction of sp³-hybridized carbons (Fsp3) is 0.294. The van der Waals surface area contributed by atoms with Gasteiger partial charge in [0.2, 0.25) is 0 Å². The van der Waals surface area contributed by atoms with Crippen molar-refractivity contribution in [2.24, 2.45) is 14.1 Å². The highest BCUT2D eigenvalue weighted by Crippen LogP contribution is 2.28. The molecule has 3 aromatic rings. The van der Waals surface area contributed by atoms with Crippen LogP contribution in [-0.2, 0) is 14.1 Å². The Hall–Kier alpha value is -2.53. The highest BCUT2D eigenvalue weighted by molar-refractivity contribution is 7.99. The van der Waals surface area contributed by atoms with Crippen molar-refractivity contribution in [3.63, 3.8) is 0 Å². The molecule has 0 aliphatic carbocycles. The Morgan fingerprint density at radius 3 is 2.46 bits per heavy atom. The zero-order valence-corrected chi connectivity index (χ0v) is 18.0. The van der Waals surface area contributed by atoms with Crippen LogP contribution in [0.25, 0.3) is 11.2 Å². The fourth-order valence-electron chi connectivity index (χ4n) is 2.60. The number of carbonyl (C=O) groups excluding carboxylic acids is 1. The topological polar surface area (TPSA) is 108 Å². The number of nitrogens with one attached hydrogen (secondary N) is 1. The number of hydrogen-bond acceptors (Lipinski definition) is 7. The number of carbonyl (C=O) groups is 1. The zero-order chi connectivity index (χ0) is 19.7.